The van der Waals surface area contributed by atoms with Gasteiger partial charge in [-0.3, -0.25) is 9.36 Å². The van der Waals surface area contributed by atoms with Crippen LogP contribution in [0.5, 0.6) is 5.75 Å². The summed E-state index contributed by atoms with van der Waals surface area (Å²) in [4.78, 5) is 23.5. The highest BCUT2D eigenvalue weighted by Crippen LogP contribution is 2.43. The van der Waals surface area contributed by atoms with E-state index in [1.807, 2.05) is 0 Å². The lowest BCUT2D eigenvalue weighted by Gasteiger charge is -2.24. The van der Waals surface area contributed by atoms with E-state index in [1.54, 1.807) is 48.1 Å². The Balaban J connectivity index is 0.00000341. The summed E-state index contributed by atoms with van der Waals surface area (Å²) in [6.45, 7) is 3.52. The number of hydrogen-bond acceptors (Lipinski definition) is 8. The molecule has 3 aromatic rings. The molecule has 0 aliphatic rings. The fourth-order valence-corrected chi connectivity index (χ4v) is 4.47. The Hall–Kier alpha value is -3.05. The average molecular weight is 452 g/mol. The van der Waals surface area contributed by atoms with Gasteiger partial charge < -0.3 is 30.1 Å². The first kappa shape index (κ1) is 24.2. The molecule has 31 heavy (non-hydrogen) atoms. The first-order valence-electron chi connectivity index (χ1n) is 9.14. The number of carbonyl (C=O) groups is 1. The smallest absolute Gasteiger partial charge is 0.342 e. The van der Waals surface area contributed by atoms with Crippen LogP contribution in [0.2, 0.25) is 0 Å². The number of carboxylic acid groups (broad SMARTS) is 1. The highest BCUT2D eigenvalue weighted by Gasteiger charge is 2.31. The number of ether oxygens (including phenoxy) is 1. The summed E-state index contributed by atoms with van der Waals surface area (Å²) < 4.78 is 26.4. The molecule has 12 nitrogen and oxygen atoms in total. The van der Waals surface area contributed by atoms with E-state index < -0.39 is 25.6 Å². The molecule has 0 saturated heterocycles. The minimum absolute atomic E-state index is 0. The molecule has 1 unspecified atom stereocenters. The number of hydrogen-bond donors (Lipinski definition) is 3. The van der Waals surface area contributed by atoms with Crippen molar-refractivity contribution in [2.24, 2.45) is 0 Å². The van der Waals surface area contributed by atoms with Crippen molar-refractivity contribution in [3.63, 3.8) is 0 Å². The second-order valence-corrected chi connectivity index (χ2v) is 8.75. The molecule has 0 saturated carbocycles. The van der Waals surface area contributed by atoms with E-state index in [0.29, 0.717) is 23.5 Å². The number of para-hydroxylation sites is 1. The largest absolute Gasteiger partial charge is 0.480 e. The summed E-state index contributed by atoms with van der Waals surface area (Å²) in [6.07, 6.45) is 2.18. The number of fused-ring (bicyclic) bond motifs is 1. The Morgan fingerprint density at radius 3 is 2.65 bits per heavy atom. The Bertz CT molecular complexity index is 1060. The van der Waals surface area contributed by atoms with Crippen LogP contribution in [0.3, 0.4) is 0 Å². The van der Waals surface area contributed by atoms with Crippen molar-refractivity contribution in [3.05, 3.63) is 43.0 Å². The summed E-state index contributed by atoms with van der Waals surface area (Å²) in [6, 6.07) is 7.41. The predicted molar refractivity (Wildman–Crippen MR) is 114 cm³/mol. The van der Waals surface area contributed by atoms with Gasteiger partial charge in [0, 0.05) is 0 Å². The quantitative estimate of drug-likeness (QED) is 0.378. The number of carboxylic acids is 1. The van der Waals surface area contributed by atoms with Gasteiger partial charge in [-0.05, 0) is 26.0 Å². The molecule has 0 spiro atoms. The predicted octanol–water partition coefficient (Wildman–Crippen LogP) is 1.28. The number of aliphatic carboxylic acids is 1. The van der Waals surface area contributed by atoms with E-state index >= 15 is 0 Å². The van der Waals surface area contributed by atoms with E-state index in [0.717, 1.165) is 0 Å². The number of benzene rings is 1. The van der Waals surface area contributed by atoms with Gasteiger partial charge in [0.05, 0.1) is 19.0 Å². The average Bonchev–Trinajstić information content (AvgIpc) is 3.11. The van der Waals surface area contributed by atoms with Gasteiger partial charge in [0.25, 0.3) is 0 Å². The molecule has 0 bridgehead atoms. The monoisotopic (exact) mass is 452 g/mol. The van der Waals surface area contributed by atoms with Gasteiger partial charge in [-0.1, -0.05) is 18.2 Å². The topological polar surface area (TPSA) is 186 Å². The van der Waals surface area contributed by atoms with Gasteiger partial charge >= 0.3 is 13.5 Å². The molecule has 3 atom stereocenters. The summed E-state index contributed by atoms with van der Waals surface area (Å²) in [7, 11) is -3.67. The molecule has 2 heterocycles. The standard InChI is InChI=1S/C18H23N6O5P.H2O/c1-12(8-24-10-22-15-16(19)20-9-21-17(15)24)28-11-30(27,23-13(2)18(25)26)29-14-6-4-3-5-7-14;/h3-7,9-10,12-13H,8,11H2,1-2H3,(H,23,27)(H,25,26)(H2,19,20,21);1H2/t12-,13+,30?;/m1./s1. The SMILES string of the molecule is C[C@H](Cn1cnc2c(N)ncnc21)OCP(=O)(N[C@@H](C)C(=O)O)Oc1ccccc1.O. The highest BCUT2D eigenvalue weighted by molar-refractivity contribution is 7.57. The maximum atomic E-state index is 13.3. The molecule has 168 valence electrons. The summed E-state index contributed by atoms with van der Waals surface area (Å²) in [5.41, 5.74) is 6.83. The Morgan fingerprint density at radius 2 is 1.97 bits per heavy atom. The molecule has 0 amide bonds. The maximum Gasteiger partial charge on any atom is 0.342 e. The molecule has 2 aromatic heterocycles. The lowest BCUT2D eigenvalue weighted by Crippen LogP contribution is -2.34. The van der Waals surface area contributed by atoms with E-state index in [4.69, 9.17) is 15.0 Å². The van der Waals surface area contributed by atoms with Crippen LogP contribution in [0.1, 0.15) is 13.8 Å². The lowest BCUT2D eigenvalue weighted by atomic mass is 10.3. The number of nitrogens with one attached hydrogen (secondary N) is 1. The molecule has 3 rings (SSSR count). The molecule has 6 N–H and O–H groups in total. The van der Waals surface area contributed by atoms with Crippen LogP contribution < -0.4 is 15.3 Å². The number of anilines is 1. The van der Waals surface area contributed by atoms with Crippen molar-refractivity contribution < 1.29 is 29.2 Å². The number of nitrogen functional groups attached to an aromatic ring is 1. The highest BCUT2D eigenvalue weighted by atomic mass is 31.2. The molecule has 13 heteroatoms. The van der Waals surface area contributed by atoms with E-state index in [1.165, 1.54) is 13.3 Å². The maximum absolute atomic E-state index is 13.3. The van der Waals surface area contributed by atoms with Gasteiger partial charge in [-0.25, -0.2) is 20.0 Å². The van der Waals surface area contributed by atoms with Crippen LogP contribution in [0.25, 0.3) is 11.2 Å². The molecule has 0 fully saturated rings. The van der Waals surface area contributed by atoms with Gasteiger partial charge in [0.1, 0.15) is 30.0 Å². The number of nitrogens with two attached hydrogens (primary N) is 1. The van der Waals surface area contributed by atoms with E-state index in [-0.39, 0.29) is 17.6 Å². The molecule has 0 aliphatic carbocycles. The van der Waals surface area contributed by atoms with Crippen molar-refractivity contribution in [1.29, 1.82) is 0 Å². The zero-order valence-electron chi connectivity index (χ0n) is 17.0. The van der Waals surface area contributed by atoms with E-state index in [9.17, 15) is 14.5 Å². The Morgan fingerprint density at radius 1 is 1.26 bits per heavy atom. The normalized spacial score (nSPS) is 14.9. The van der Waals surface area contributed by atoms with Gasteiger partial charge in [0.15, 0.2) is 11.5 Å². The van der Waals surface area contributed by atoms with Crippen molar-refractivity contribution in [3.8, 4) is 5.75 Å². The number of aromatic nitrogens is 4. The molecular formula is C18H25N6O6P. The second-order valence-electron chi connectivity index (χ2n) is 6.70. The van der Waals surface area contributed by atoms with Crippen LogP contribution in [0.4, 0.5) is 5.82 Å². The van der Waals surface area contributed by atoms with Gasteiger partial charge in [-0.2, -0.15) is 0 Å². The third-order valence-corrected chi connectivity index (χ3v) is 5.94. The van der Waals surface area contributed by atoms with Crippen LogP contribution in [0.15, 0.2) is 43.0 Å². The minimum Gasteiger partial charge on any atom is -0.480 e. The van der Waals surface area contributed by atoms with Crippen molar-refractivity contribution in [2.45, 2.75) is 32.5 Å². The molecule has 1 aromatic carbocycles. The number of nitrogens with zero attached hydrogens (tertiary/aromatic N) is 4. The molecular weight excluding hydrogens is 427 g/mol. The fourth-order valence-electron chi connectivity index (χ4n) is 2.68. The first-order valence-corrected chi connectivity index (χ1v) is 11.0. The fraction of sp³-hybridized carbons (Fsp3) is 0.333. The van der Waals surface area contributed by atoms with Crippen LogP contribution in [-0.2, 0) is 20.6 Å². The third-order valence-electron chi connectivity index (χ3n) is 4.17. The molecule has 0 radical (unpaired) electrons. The lowest BCUT2D eigenvalue weighted by molar-refractivity contribution is -0.138. The summed E-state index contributed by atoms with van der Waals surface area (Å²) in [5, 5.41) is 11.7. The van der Waals surface area contributed by atoms with Crippen molar-refractivity contribution >= 4 is 30.5 Å². The second kappa shape index (κ2) is 10.3. The summed E-state index contributed by atoms with van der Waals surface area (Å²) >= 11 is 0. The Labute approximate surface area is 178 Å². The van der Waals surface area contributed by atoms with Gasteiger partial charge in [0.2, 0.25) is 0 Å². The van der Waals surface area contributed by atoms with Crippen molar-refractivity contribution in [2.75, 3.05) is 12.1 Å². The van der Waals surface area contributed by atoms with Crippen LogP contribution >= 0.6 is 7.52 Å². The van der Waals surface area contributed by atoms with E-state index in [2.05, 4.69) is 20.0 Å². The zero-order chi connectivity index (χ0) is 21.7. The van der Waals surface area contributed by atoms with Crippen LogP contribution in [-0.4, -0.2) is 54.6 Å². The first-order chi connectivity index (χ1) is 14.3. The van der Waals surface area contributed by atoms with Crippen LogP contribution in [0, 0.1) is 0 Å². The van der Waals surface area contributed by atoms with Gasteiger partial charge in [-0.15, -0.1) is 0 Å². The number of imidazole rings is 1. The summed E-state index contributed by atoms with van der Waals surface area (Å²) in [5.74, 6) is -0.531. The Kier molecular flexibility index (Phi) is 8.06. The zero-order valence-corrected chi connectivity index (χ0v) is 17.9. The minimum atomic E-state index is -3.67. The molecule has 0 aliphatic heterocycles. The number of rotatable bonds is 10. The van der Waals surface area contributed by atoms with Crippen molar-refractivity contribution in [1.82, 2.24) is 24.6 Å². The third kappa shape index (κ3) is 6.22.